The van der Waals surface area contributed by atoms with E-state index in [0.717, 1.165) is 19.3 Å². The van der Waals surface area contributed by atoms with Crippen LogP contribution in [0.1, 0.15) is 26.2 Å². The molecule has 0 radical (unpaired) electrons. The molecular formula is C9H14O2. The van der Waals surface area contributed by atoms with Crippen LogP contribution < -0.4 is 0 Å². The minimum absolute atomic E-state index is 0.216. The number of rotatable bonds is 2. The van der Waals surface area contributed by atoms with Crippen LogP contribution in [0.4, 0.5) is 0 Å². The zero-order valence-electron chi connectivity index (χ0n) is 6.79. The maximum atomic E-state index is 10.6. The van der Waals surface area contributed by atoms with E-state index in [4.69, 9.17) is 5.11 Å². The third-order valence-corrected chi connectivity index (χ3v) is 2.32. The van der Waals surface area contributed by atoms with Crippen LogP contribution in [0.2, 0.25) is 0 Å². The van der Waals surface area contributed by atoms with Crippen LogP contribution in [0.25, 0.3) is 0 Å². The molecule has 1 rings (SSSR count). The Kier molecular flexibility index (Phi) is 2.69. The van der Waals surface area contributed by atoms with Gasteiger partial charge in [0.2, 0.25) is 0 Å². The normalized spacial score (nSPS) is 26.5. The zero-order valence-corrected chi connectivity index (χ0v) is 6.79. The number of hydrogen-bond acceptors (Lipinski definition) is 1. The van der Waals surface area contributed by atoms with Gasteiger partial charge in [0.15, 0.2) is 0 Å². The molecule has 0 aromatic rings. The second kappa shape index (κ2) is 3.56. The van der Waals surface area contributed by atoms with Gasteiger partial charge in [-0.25, -0.2) is 0 Å². The van der Waals surface area contributed by atoms with Gasteiger partial charge in [0.05, 0.1) is 5.92 Å². The fraction of sp³-hybridized carbons (Fsp3) is 0.667. The number of hydrogen-bond donors (Lipinski definition) is 1. The summed E-state index contributed by atoms with van der Waals surface area (Å²) in [6, 6.07) is 0. The van der Waals surface area contributed by atoms with Gasteiger partial charge in [-0.3, -0.25) is 4.79 Å². The van der Waals surface area contributed by atoms with Gasteiger partial charge in [0.25, 0.3) is 0 Å². The Morgan fingerprint density at radius 1 is 1.73 bits per heavy atom. The van der Waals surface area contributed by atoms with Crippen molar-refractivity contribution in [3.05, 3.63) is 12.2 Å². The highest BCUT2D eigenvalue weighted by Gasteiger charge is 2.21. The summed E-state index contributed by atoms with van der Waals surface area (Å²) in [7, 11) is 0. The van der Waals surface area contributed by atoms with E-state index in [9.17, 15) is 4.79 Å². The topological polar surface area (TPSA) is 37.3 Å². The maximum absolute atomic E-state index is 10.6. The Bertz CT molecular complexity index is 172. The first-order chi connectivity index (χ1) is 5.22. The van der Waals surface area contributed by atoms with Crippen LogP contribution in [0.15, 0.2) is 12.2 Å². The molecule has 2 nitrogen and oxygen atoms in total. The molecule has 0 unspecified atom stereocenters. The van der Waals surface area contributed by atoms with Gasteiger partial charge in [-0.05, 0) is 25.2 Å². The number of aliphatic carboxylic acids is 1. The molecule has 0 aromatic heterocycles. The van der Waals surface area contributed by atoms with Gasteiger partial charge in [-0.15, -0.1) is 0 Å². The molecule has 0 bridgehead atoms. The second-order valence-corrected chi connectivity index (χ2v) is 3.15. The van der Waals surface area contributed by atoms with E-state index < -0.39 is 5.97 Å². The largest absolute Gasteiger partial charge is 0.481 e. The standard InChI is InChI=1S/C9H14O2/c1-7(9(10)11)8-5-3-2-4-6-8/h3,5,7-8H,2,4,6H2,1H3,(H,10,11)/t7-,8+/m0/s1. The van der Waals surface area contributed by atoms with Gasteiger partial charge < -0.3 is 5.11 Å². The third-order valence-electron chi connectivity index (χ3n) is 2.32. The van der Waals surface area contributed by atoms with Crippen molar-refractivity contribution in [1.29, 1.82) is 0 Å². The molecular weight excluding hydrogens is 140 g/mol. The van der Waals surface area contributed by atoms with Crippen molar-refractivity contribution in [1.82, 2.24) is 0 Å². The molecule has 1 aliphatic rings. The summed E-state index contributed by atoms with van der Waals surface area (Å²) in [6.45, 7) is 1.78. The average Bonchev–Trinajstić information content (AvgIpc) is 2.05. The van der Waals surface area contributed by atoms with E-state index in [1.807, 2.05) is 6.08 Å². The van der Waals surface area contributed by atoms with Crippen molar-refractivity contribution in [2.45, 2.75) is 26.2 Å². The number of carboxylic acid groups (broad SMARTS) is 1. The number of allylic oxidation sites excluding steroid dienone is 2. The van der Waals surface area contributed by atoms with Crippen molar-refractivity contribution >= 4 is 5.97 Å². The molecule has 1 N–H and O–H groups in total. The van der Waals surface area contributed by atoms with Crippen LogP contribution in [0.3, 0.4) is 0 Å². The van der Waals surface area contributed by atoms with Gasteiger partial charge in [0, 0.05) is 0 Å². The summed E-state index contributed by atoms with van der Waals surface area (Å²) < 4.78 is 0. The van der Waals surface area contributed by atoms with E-state index in [0.29, 0.717) is 0 Å². The quantitative estimate of drug-likeness (QED) is 0.618. The first-order valence-corrected chi connectivity index (χ1v) is 4.11. The van der Waals surface area contributed by atoms with Gasteiger partial charge in [0.1, 0.15) is 0 Å². The van der Waals surface area contributed by atoms with Crippen molar-refractivity contribution in [2.75, 3.05) is 0 Å². The fourth-order valence-corrected chi connectivity index (χ4v) is 1.44. The Balaban J connectivity index is 2.52. The van der Waals surface area contributed by atoms with Crippen molar-refractivity contribution in [3.8, 4) is 0 Å². The molecule has 2 heteroatoms. The average molecular weight is 154 g/mol. The molecule has 11 heavy (non-hydrogen) atoms. The first kappa shape index (κ1) is 8.31. The molecule has 0 amide bonds. The van der Waals surface area contributed by atoms with Gasteiger partial charge >= 0.3 is 5.97 Å². The molecule has 0 heterocycles. The molecule has 2 atom stereocenters. The van der Waals surface area contributed by atoms with Crippen LogP contribution >= 0.6 is 0 Å². The molecule has 1 aliphatic carbocycles. The van der Waals surface area contributed by atoms with Crippen molar-refractivity contribution in [2.24, 2.45) is 11.8 Å². The molecule has 0 aliphatic heterocycles. The summed E-state index contributed by atoms with van der Waals surface area (Å²) in [5, 5.41) is 8.70. The van der Waals surface area contributed by atoms with Crippen LogP contribution in [0.5, 0.6) is 0 Å². The Hall–Kier alpha value is -0.790. The van der Waals surface area contributed by atoms with E-state index in [1.54, 1.807) is 6.92 Å². The summed E-state index contributed by atoms with van der Waals surface area (Å²) >= 11 is 0. The van der Waals surface area contributed by atoms with Crippen molar-refractivity contribution in [3.63, 3.8) is 0 Å². The van der Waals surface area contributed by atoms with Crippen molar-refractivity contribution < 1.29 is 9.90 Å². The van der Waals surface area contributed by atoms with E-state index in [2.05, 4.69) is 6.08 Å². The monoisotopic (exact) mass is 154 g/mol. The van der Waals surface area contributed by atoms with Crippen LogP contribution in [0, 0.1) is 11.8 Å². The third kappa shape index (κ3) is 2.07. The van der Waals surface area contributed by atoms with Gasteiger partial charge in [-0.1, -0.05) is 19.1 Å². The Morgan fingerprint density at radius 2 is 2.45 bits per heavy atom. The molecule has 0 saturated carbocycles. The Morgan fingerprint density at radius 3 is 2.91 bits per heavy atom. The Labute approximate surface area is 66.9 Å². The predicted octanol–water partition coefficient (Wildman–Crippen LogP) is 2.06. The lowest BCUT2D eigenvalue weighted by Crippen LogP contribution is -2.20. The molecule has 0 spiro atoms. The number of carbonyl (C=O) groups is 1. The summed E-state index contributed by atoms with van der Waals surface area (Å²) in [5.74, 6) is -0.630. The highest BCUT2D eigenvalue weighted by Crippen LogP contribution is 2.24. The summed E-state index contributed by atoms with van der Waals surface area (Å²) in [4.78, 5) is 10.6. The minimum atomic E-state index is -0.679. The first-order valence-electron chi connectivity index (χ1n) is 4.11. The number of carboxylic acids is 1. The fourth-order valence-electron chi connectivity index (χ4n) is 1.44. The summed E-state index contributed by atoms with van der Waals surface area (Å²) in [5.41, 5.74) is 0. The maximum Gasteiger partial charge on any atom is 0.306 e. The smallest absolute Gasteiger partial charge is 0.306 e. The molecule has 62 valence electrons. The predicted molar refractivity (Wildman–Crippen MR) is 43.3 cm³/mol. The SMILES string of the molecule is C[C@H](C(=O)O)[C@@H]1C=CCCC1. The summed E-state index contributed by atoms with van der Waals surface area (Å²) in [6.07, 6.45) is 7.42. The van der Waals surface area contributed by atoms with Crippen LogP contribution in [-0.2, 0) is 4.79 Å². The second-order valence-electron chi connectivity index (χ2n) is 3.15. The lowest BCUT2D eigenvalue weighted by atomic mass is 9.86. The highest BCUT2D eigenvalue weighted by molar-refractivity contribution is 5.70. The van der Waals surface area contributed by atoms with E-state index >= 15 is 0 Å². The van der Waals surface area contributed by atoms with E-state index in [1.165, 1.54) is 0 Å². The highest BCUT2D eigenvalue weighted by atomic mass is 16.4. The molecule has 0 saturated heterocycles. The van der Waals surface area contributed by atoms with E-state index in [-0.39, 0.29) is 11.8 Å². The lowest BCUT2D eigenvalue weighted by Gasteiger charge is -2.19. The van der Waals surface area contributed by atoms with Gasteiger partial charge in [-0.2, -0.15) is 0 Å². The molecule has 0 fully saturated rings. The zero-order chi connectivity index (χ0) is 8.27. The van der Waals surface area contributed by atoms with Crippen LogP contribution in [-0.4, -0.2) is 11.1 Å². The molecule has 0 aromatic carbocycles. The lowest BCUT2D eigenvalue weighted by molar-refractivity contribution is -0.142. The minimum Gasteiger partial charge on any atom is -0.481 e.